The number of benzene rings is 4. The second-order valence-electron chi connectivity index (χ2n) is 9.91. The zero-order valence-electron chi connectivity index (χ0n) is 21.7. The largest absolute Gasteiger partial charge is 0.314 e. The smallest absolute Gasteiger partial charge is 0.0628 e. The fraction of sp³-hybridized carbons (Fsp3) is 0.0811. The molecule has 0 atom stereocenters. The minimum absolute atomic E-state index is 0.691. The number of nitrogens with zero attached hydrogens (tertiary/aromatic N) is 2. The van der Waals surface area contributed by atoms with Crippen LogP contribution in [0.4, 0.5) is 11.4 Å². The Balaban J connectivity index is 1.45. The minimum atomic E-state index is 0.691. The van der Waals surface area contributed by atoms with Gasteiger partial charge in [0.25, 0.3) is 0 Å². The van der Waals surface area contributed by atoms with E-state index in [-0.39, 0.29) is 0 Å². The summed E-state index contributed by atoms with van der Waals surface area (Å²) >= 11 is 0. The molecule has 0 unspecified atom stereocenters. The molecule has 0 radical (unpaired) electrons. The molecule has 186 valence electrons. The first-order chi connectivity index (χ1) is 19.4. The maximum Gasteiger partial charge on any atom is 0.0628 e. The van der Waals surface area contributed by atoms with Crippen LogP contribution in [0.2, 0.25) is 0 Å². The molecule has 2 heteroatoms. The second kappa shape index (κ2) is 10.0. The molecular formula is C37H28N2. The number of anilines is 2. The third kappa shape index (κ3) is 4.19. The van der Waals surface area contributed by atoms with Gasteiger partial charge < -0.3 is 9.47 Å². The Morgan fingerprint density at radius 3 is 2.31 bits per heavy atom. The summed E-state index contributed by atoms with van der Waals surface area (Å²) < 4.78 is 2.36. The zero-order valence-corrected chi connectivity index (χ0v) is 21.7. The van der Waals surface area contributed by atoms with E-state index >= 15 is 0 Å². The lowest BCUT2D eigenvalue weighted by Gasteiger charge is -2.31. The van der Waals surface area contributed by atoms with Gasteiger partial charge in [-0.1, -0.05) is 96.8 Å². The van der Waals surface area contributed by atoms with Crippen LogP contribution in [0.25, 0.3) is 28.2 Å². The Kier molecular flexibility index (Phi) is 5.96. The van der Waals surface area contributed by atoms with Crippen LogP contribution in [0.3, 0.4) is 0 Å². The Labute approximate surface area is 229 Å². The highest BCUT2D eigenvalue weighted by atomic mass is 15.2. The van der Waals surface area contributed by atoms with Crippen molar-refractivity contribution in [3.8, 4) is 17.5 Å². The minimum Gasteiger partial charge on any atom is -0.314 e. The number of rotatable bonds is 5. The van der Waals surface area contributed by atoms with Crippen molar-refractivity contribution in [2.75, 3.05) is 4.90 Å². The van der Waals surface area contributed by atoms with E-state index in [2.05, 4.69) is 155 Å². The van der Waals surface area contributed by atoms with Crippen molar-refractivity contribution in [1.82, 2.24) is 4.57 Å². The standard InChI is InChI=1S/C37H28N2/c1-4-16-29(17-5-1)38(30-18-6-2-7-19-30)35-25-12-10-22-32(35)28-15-14-24-34-33-23-11-13-26-36(33)39(37(34)27-28)31-20-8-3-9-21-31/h1-6,8-13,16-18,20-23,25-27H,7,15,19H2. The fourth-order valence-corrected chi connectivity index (χ4v) is 5.75. The van der Waals surface area contributed by atoms with Crippen molar-refractivity contribution < 1.29 is 0 Å². The van der Waals surface area contributed by atoms with Gasteiger partial charge in [-0.2, -0.15) is 0 Å². The molecule has 0 bridgehead atoms. The Morgan fingerprint density at radius 2 is 1.49 bits per heavy atom. The van der Waals surface area contributed by atoms with Crippen molar-refractivity contribution in [1.29, 1.82) is 0 Å². The predicted octanol–water partition coefficient (Wildman–Crippen LogP) is 9.30. The van der Waals surface area contributed by atoms with Gasteiger partial charge in [0.05, 0.1) is 22.5 Å². The van der Waals surface area contributed by atoms with E-state index in [1.165, 1.54) is 39.1 Å². The number of fused-ring (bicyclic) bond motifs is 3. The summed E-state index contributed by atoms with van der Waals surface area (Å²) in [5.74, 6) is 7.06. The van der Waals surface area contributed by atoms with Gasteiger partial charge >= 0.3 is 0 Å². The molecule has 0 saturated heterocycles. The molecule has 0 spiro atoms. The Bertz CT molecular complexity index is 1820. The second-order valence-corrected chi connectivity index (χ2v) is 9.91. The normalized spacial score (nSPS) is 14.1. The average molecular weight is 501 g/mol. The number of hydrogen-bond acceptors (Lipinski definition) is 1. The molecule has 0 saturated carbocycles. The summed E-state index contributed by atoms with van der Waals surface area (Å²) in [6.07, 6.45) is 11.8. The van der Waals surface area contributed by atoms with E-state index in [0.717, 1.165) is 29.8 Å². The predicted molar refractivity (Wildman–Crippen MR) is 164 cm³/mol. The molecule has 4 aromatic carbocycles. The molecule has 0 amide bonds. The van der Waals surface area contributed by atoms with E-state index in [0.29, 0.717) is 6.42 Å². The molecule has 1 aromatic heterocycles. The molecule has 0 fully saturated rings. The molecule has 2 aliphatic rings. The third-order valence-corrected chi connectivity index (χ3v) is 7.51. The molecule has 0 aliphatic heterocycles. The quantitative estimate of drug-likeness (QED) is 0.218. The van der Waals surface area contributed by atoms with E-state index < -0.39 is 0 Å². The molecule has 39 heavy (non-hydrogen) atoms. The molecule has 5 aromatic rings. The number of aromatic nitrogens is 1. The summed E-state index contributed by atoms with van der Waals surface area (Å²) in [4.78, 5) is 2.42. The van der Waals surface area contributed by atoms with Gasteiger partial charge in [-0.3, -0.25) is 0 Å². The van der Waals surface area contributed by atoms with Gasteiger partial charge in [0.15, 0.2) is 0 Å². The highest BCUT2D eigenvalue weighted by molar-refractivity contribution is 5.99. The van der Waals surface area contributed by atoms with E-state index in [9.17, 15) is 0 Å². The third-order valence-electron chi connectivity index (χ3n) is 7.51. The first kappa shape index (κ1) is 23.1. The number of allylic oxidation sites excluding steroid dienone is 5. The summed E-state index contributed by atoms with van der Waals surface area (Å²) in [5.41, 5.74) is 10.7. The lowest BCUT2D eigenvalue weighted by molar-refractivity contribution is 0.917. The molecule has 7 rings (SSSR count). The zero-order chi connectivity index (χ0) is 26.0. The van der Waals surface area contributed by atoms with Crippen LogP contribution in [0.5, 0.6) is 0 Å². The van der Waals surface area contributed by atoms with Crippen LogP contribution in [0.1, 0.15) is 36.1 Å². The van der Waals surface area contributed by atoms with Crippen LogP contribution in [0.15, 0.2) is 133 Å². The van der Waals surface area contributed by atoms with E-state index in [4.69, 9.17) is 0 Å². The summed E-state index contributed by atoms with van der Waals surface area (Å²) in [6, 6.07) is 38.7. The van der Waals surface area contributed by atoms with Crippen molar-refractivity contribution in [2.24, 2.45) is 0 Å². The molecule has 2 aliphatic carbocycles. The maximum absolute atomic E-state index is 3.54. The SMILES string of the molecule is C1#Cc2c(n(-c3ccccc3)c3ccccc23)C=C(c2ccccc2N(C2=CC=CCC2)c2ccccc2)C1. The monoisotopic (exact) mass is 500 g/mol. The number of hydrogen-bond donors (Lipinski definition) is 0. The summed E-state index contributed by atoms with van der Waals surface area (Å²) in [6.45, 7) is 0. The molecular weight excluding hydrogens is 472 g/mol. The first-order valence-corrected chi connectivity index (χ1v) is 13.6. The van der Waals surface area contributed by atoms with Gasteiger partial charge in [-0.05, 0) is 67.0 Å². The molecule has 2 nitrogen and oxygen atoms in total. The lowest BCUT2D eigenvalue weighted by atomic mass is 9.97. The van der Waals surface area contributed by atoms with Crippen LogP contribution < -0.4 is 4.90 Å². The van der Waals surface area contributed by atoms with Crippen LogP contribution in [-0.2, 0) is 0 Å². The summed E-state index contributed by atoms with van der Waals surface area (Å²) in [7, 11) is 0. The van der Waals surface area contributed by atoms with Gasteiger partial charge in [0, 0.05) is 34.4 Å². The van der Waals surface area contributed by atoms with Gasteiger partial charge in [0.1, 0.15) is 0 Å². The molecule has 1 heterocycles. The summed E-state index contributed by atoms with van der Waals surface area (Å²) in [5, 5.41) is 1.19. The van der Waals surface area contributed by atoms with Gasteiger partial charge in [0.2, 0.25) is 0 Å². The highest BCUT2D eigenvalue weighted by Gasteiger charge is 2.22. The Morgan fingerprint density at radius 1 is 0.744 bits per heavy atom. The van der Waals surface area contributed by atoms with Crippen molar-refractivity contribution in [2.45, 2.75) is 19.3 Å². The van der Waals surface area contributed by atoms with Crippen molar-refractivity contribution in [3.05, 3.63) is 150 Å². The topological polar surface area (TPSA) is 8.17 Å². The average Bonchev–Trinajstić information content (AvgIpc) is 3.15. The lowest BCUT2D eigenvalue weighted by Crippen LogP contribution is -2.18. The van der Waals surface area contributed by atoms with Crippen LogP contribution in [-0.4, -0.2) is 4.57 Å². The number of para-hydroxylation sites is 4. The van der Waals surface area contributed by atoms with Gasteiger partial charge in [-0.15, -0.1) is 0 Å². The van der Waals surface area contributed by atoms with Gasteiger partial charge in [-0.25, -0.2) is 0 Å². The Hall–Kier alpha value is -5.00. The van der Waals surface area contributed by atoms with Crippen molar-refractivity contribution in [3.63, 3.8) is 0 Å². The van der Waals surface area contributed by atoms with Crippen LogP contribution in [0, 0.1) is 11.8 Å². The first-order valence-electron chi connectivity index (χ1n) is 13.6. The maximum atomic E-state index is 3.54. The molecule has 0 N–H and O–H groups in total. The van der Waals surface area contributed by atoms with E-state index in [1.807, 2.05) is 0 Å². The fourth-order valence-electron chi connectivity index (χ4n) is 5.75. The van der Waals surface area contributed by atoms with Crippen molar-refractivity contribution >= 4 is 33.9 Å². The highest BCUT2D eigenvalue weighted by Crippen LogP contribution is 2.41. The van der Waals surface area contributed by atoms with E-state index in [1.54, 1.807) is 0 Å². The van der Waals surface area contributed by atoms with Crippen LogP contribution >= 0.6 is 0 Å².